The summed E-state index contributed by atoms with van der Waals surface area (Å²) >= 11 is 0. The smallest absolute Gasteiger partial charge is 0.342 e. The molecule has 2 heterocycles. The average Bonchev–Trinajstić information content (AvgIpc) is 3.18. The Labute approximate surface area is 354 Å². The van der Waals surface area contributed by atoms with Crippen molar-refractivity contribution in [2.45, 2.75) is 134 Å². The van der Waals surface area contributed by atoms with Gasteiger partial charge in [0.05, 0.1) is 36.5 Å². The van der Waals surface area contributed by atoms with Gasteiger partial charge >= 0.3 is 5.97 Å². The lowest BCUT2D eigenvalue weighted by Gasteiger charge is -2.52. The van der Waals surface area contributed by atoms with Gasteiger partial charge in [-0.1, -0.05) is 12.1 Å². The maximum Gasteiger partial charge on any atom is 0.342 e. The molecule has 2 fully saturated rings. The lowest BCUT2D eigenvalue weighted by molar-refractivity contribution is -0.315. The molecule has 0 spiro atoms. The third-order valence-electron chi connectivity index (χ3n) is 12.7. The van der Waals surface area contributed by atoms with Crippen molar-refractivity contribution in [3.8, 4) is 11.5 Å². The van der Waals surface area contributed by atoms with Gasteiger partial charge in [0.15, 0.2) is 42.1 Å². The first-order valence-corrected chi connectivity index (χ1v) is 20.0. The Kier molecular flexibility index (Phi) is 11.2. The molecule has 0 saturated carbocycles. The van der Waals surface area contributed by atoms with Gasteiger partial charge in [-0.25, -0.2) is 4.79 Å². The highest BCUT2D eigenvalue weighted by Gasteiger charge is 2.71. The minimum absolute atomic E-state index is 0.0332. The van der Waals surface area contributed by atoms with Crippen molar-refractivity contribution in [3.05, 3.63) is 79.8 Å². The zero-order valence-corrected chi connectivity index (χ0v) is 35.2. The number of allylic oxidation sites excluding steroid dienone is 2. The van der Waals surface area contributed by atoms with E-state index in [2.05, 4.69) is 0 Å². The molecule has 18 nitrogen and oxygen atoms in total. The number of aliphatic hydroxyl groups excluding tert-OH is 1. The number of aliphatic hydroxyl groups is 4. The molecular formula is C44H48O18. The number of rotatable bonds is 8. The highest BCUT2D eigenvalue weighted by Crippen LogP contribution is 2.52. The first-order chi connectivity index (χ1) is 28.9. The van der Waals surface area contributed by atoms with Crippen LogP contribution in [0.5, 0.6) is 11.5 Å². The van der Waals surface area contributed by atoms with E-state index in [0.717, 1.165) is 20.1 Å². The van der Waals surface area contributed by atoms with E-state index in [1.54, 1.807) is 39.8 Å². The molecule has 10 atom stereocenters. The molecule has 6 N–H and O–H groups in total. The number of aryl methyl sites for hydroxylation is 2. The van der Waals surface area contributed by atoms with Crippen molar-refractivity contribution in [1.82, 2.24) is 0 Å². The van der Waals surface area contributed by atoms with Crippen molar-refractivity contribution in [1.29, 1.82) is 0 Å². The summed E-state index contributed by atoms with van der Waals surface area (Å²) in [5, 5.41) is 69.4. The number of ketones is 5. The second kappa shape index (κ2) is 15.5. The molecule has 332 valence electrons. The van der Waals surface area contributed by atoms with E-state index in [0.29, 0.717) is 11.1 Å². The molecular weight excluding hydrogens is 816 g/mol. The topological polar surface area (TPSA) is 279 Å². The van der Waals surface area contributed by atoms with Crippen molar-refractivity contribution in [3.63, 3.8) is 0 Å². The van der Waals surface area contributed by atoms with E-state index >= 15 is 0 Å². The number of phenolic OH excluding ortho intramolecular Hbond substituents is 2. The van der Waals surface area contributed by atoms with Crippen LogP contribution in [0.2, 0.25) is 0 Å². The average molecular weight is 865 g/mol. The normalized spacial score (nSPS) is 33.3. The molecule has 2 saturated heterocycles. The second-order valence-electron chi connectivity index (χ2n) is 16.9. The van der Waals surface area contributed by atoms with Crippen LogP contribution in [0.1, 0.15) is 111 Å². The van der Waals surface area contributed by atoms with Crippen LogP contribution in [0.3, 0.4) is 0 Å². The minimum Gasteiger partial charge on any atom is -0.508 e. The predicted molar refractivity (Wildman–Crippen MR) is 210 cm³/mol. The van der Waals surface area contributed by atoms with Gasteiger partial charge in [0.2, 0.25) is 23.0 Å². The Morgan fingerprint density at radius 2 is 1.48 bits per heavy atom. The third kappa shape index (κ3) is 6.67. The Morgan fingerprint density at radius 3 is 2.10 bits per heavy atom. The number of fused-ring (bicyclic) bond motifs is 3. The molecule has 0 radical (unpaired) electrons. The van der Waals surface area contributed by atoms with Crippen LogP contribution >= 0.6 is 0 Å². The monoisotopic (exact) mass is 864 g/mol. The fraction of sp³-hybridized carbons (Fsp3) is 0.500. The summed E-state index contributed by atoms with van der Waals surface area (Å²) in [6.07, 6.45) is -8.40. The second-order valence-corrected chi connectivity index (χ2v) is 16.9. The van der Waals surface area contributed by atoms with Gasteiger partial charge in [-0.05, 0) is 77.1 Å². The van der Waals surface area contributed by atoms with Gasteiger partial charge in [-0.2, -0.15) is 0 Å². The van der Waals surface area contributed by atoms with E-state index in [1.165, 1.54) is 13.8 Å². The number of phenols is 2. The Hall–Kier alpha value is -5.34. The van der Waals surface area contributed by atoms with E-state index in [4.69, 9.17) is 28.4 Å². The lowest BCUT2D eigenvalue weighted by Crippen LogP contribution is -2.74. The summed E-state index contributed by atoms with van der Waals surface area (Å²) in [4.78, 5) is 81.0. The standard InChI is InChI=1S/C44H48O18/c1-16-9-10-17(2)33(47)28(16)41(53)62-39-21(6)59-27(15-42(39,7)54)60-24-11-12-26(58-20(24)5)61-40-36(50)30(19(4)45)37(51)44(56)38(52)31-22(14-43(40,44)55)18(3)29-32(35(31)49)23(46)13-25(57-8)34(29)48/h9-10,13,20-21,24,26-27,39-40,47,49,51,54-56H,11-12,14-15H2,1-8H3/t20-,21+,24+,26+,27+,39-,40+,42-,43-,44+/m1/s1. The van der Waals surface area contributed by atoms with Crippen molar-refractivity contribution >= 4 is 34.9 Å². The Balaban J connectivity index is 1.11. The number of benzene rings is 2. The van der Waals surface area contributed by atoms with Gasteiger partial charge in [0.1, 0.15) is 39.6 Å². The summed E-state index contributed by atoms with van der Waals surface area (Å²) < 4.78 is 35.1. The van der Waals surface area contributed by atoms with Crippen molar-refractivity contribution in [2.75, 3.05) is 7.11 Å². The third-order valence-corrected chi connectivity index (χ3v) is 12.7. The van der Waals surface area contributed by atoms with E-state index in [9.17, 15) is 59.4 Å². The molecule has 18 heteroatoms. The van der Waals surface area contributed by atoms with Crippen LogP contribution < -0.4 is 0 Å². The Bertz CT molecular complexity index is 2410. The number of esters is 1. The molecule has 0 unspecified atom stereocenters. The SMILES string of the molecule is COC1=CC(=O)c2c(O)c3c(c(C)c2C1=O)C[C@@]1(O)[C@@H](O[C@H]2CC[C@H](O[C@H]4C[C@@](C)(O)[C@H](OC(=O)c5c(C)ccc(C)c5O)[C@H](C)O4)[C@@H](C)O2)C(=O)C(C(C)=O)=C(O)[C@]1(O)C3=O. The Morgan fingerprint density at radius 1 is 0.839 bits per heavy atom. The quantitative estimate of drug-likeness (QED) is 0.164. The summed E-state index contributed by atoms with van der Waals surface area (Å²) in [7, 11) is 1.15. The molecule has 2 aromatic rings. The molecule has 0 aromatic heterocycles. The number of carbonyl (C=O) groups is 6. The summed E-state index contributed by atoms with van der Waals surface area (Å²) in [6, 6.07) is 3.32. The van der Waals surface area contributed by atoms with E-state index < -0.39 is 129 Å². The summed E-state index contributed by atoms with van der Waals surface area (Å²) in [5.74, 6) is -9.67. The van der Waals surface area contributed by atoms with Crippen molar-refractivity contribution in [2.24, 2.45) is 0 Å². The van der Waals surface area contributed by atoms with Crippen LogP contribution in [-0.4, -0.2) is 133 Å². The van der Waals surface area contributed by atoms with Gasteiger partial charge in [0.25, 0.3) is 0 Å². The van der Waals surface area contributed by atoms with Crippen LogP contribution in [0.4, 0.5) is 0 Å². The molecule has 0 amide bonds. The zero-order chi connectivity index (χ0) is 45.7. The molecule has 0 bridgehead atoms. The number of Topliss-reactive ketones (excluding diaryl/α,β-unsaturated/α-hetero) is 4. The lowest BCUT2D eigenvalue weighted by atomic mass is 9.58. The van der Waals surface area contributed by atoms with Crippen LogP contribution in [0.15, 0.2) is 35.3 Å². The number of carbonyl (C=O) groups excluding carboxylic acids is 6. The molecule has 7 rings (SSSR count). The van der Waals surface area contributed by atoms with Gasteiger partial charge in [-0.15, -0.1) is 0 Å². The zero-order valence-electron chi connectivity index (χ0n) is 35.2. The number of ether oxygens (including phenoxy) is 6. The summed E-state index contributed by atoms with van der Waals surface area (Å²) in [5.41, 5.74) is -10.4. The van der Waals surface area contributed by atoms with Gasteiger partial charge in [-0.3, -0.25) is 24.0 Å². The largest absolute Gasteiger partial charge is 0.508 e. The first kappa shape index (κ1) is 44.7. The first-order valence-electron chi connectivity index (χ1n) is 20.0. The molecule has 3 aliphatic carbocycles. The highest BCUT2D eigenvalue weighted by molar-refractivity contribution is 6.29. The maximum atomic E-state index is 14.4. The highest BCUT2D eigenvalue weighted by atomic mass is 16.7. The van der Waals surface area contributed by atoms with Crippen molar-refractivity contribution < 1.29 is 87.8 Å². The van der Waals surface area contributed by atoms with Crippen LogP contribution in [0, 0.1) is 20.8 Å². The molecule has 2 aliphatic heterocycles. The maximum absolute atomic E-state index is 14.4. The minimum atomic E-state index is -3.49. The van der Waals surface area contributed by atoms with Gasteiger partial charge in [0, 0.05) is 30.9 Å². The van der Waals surface area contributed by atoms with Crippen LogP contribution in [-0.2, 0) is 44.4 Å². The van der Waals surface area contributed by atoms with E-state index in [-0.39, 0.29) is 53.0 Å². The number of aromatic hydroxyl groups is 2. The number of methoxy groups -OCH3 is 1. The number of hydrogen-bond acceptors (Lipinski definition) is 18. The molecule has 62 heavy (non-hydrogen) atoms. The number of hydrogen-bond donors (Lipinski definition) is 6. The molecule has 5 aliphatic rings. The van der Waals surface area contributed by atoms with E-state index in [1.807, 2.05) is 0 Å². The fourth-order valence-corrected chi connectivity index (χ4v) is 9.37. The van der Waals surface area contributed by atoms with Gasteiger partial charge < -0.3 is 59.1 Å². The van der Waals surface area contributed by atoms with Crippen LogP contribution in [0.25, 0.3) is 0 Å². The predicted octanol–water partition coefficient (Wildman–Crippen LogP) is 2.52. The molecule has 2 aromatic carbocycles. The summed E-state index contributed by atoms with van der Waals surface area (Å²) in [6.45, 7) is 10.1. The fourth-order valence-electron chi connectivity index (χ4n) is 9.37.